The SMILES string of the molecule is C=CCN(CC(=O)N(CCOC)Cc1cccn1Cc1ccccc1)C(=O)CCCCCC. The quantitative estimate of drug-likeness (QED) is 0.278. The summed E-state index contributed by atoms with van der Waals surface area (Å²) in [7, 11) is 1.63. The van der Waals surface area contributed by atoms with Crippen molar-refractivity contribution in [3.05, 3.63) is 72.6 Å². The Morgan fingerprint density at radius 3 is 2.52 bits per heavy atom. The third kappa shape index (κ3) is 9.26. The van der Waals surface area contributed by atoms with Crippen LogP contribution in [0, 0.1) is 0 Å². The van der Waals surface area contributed by atoms with E-state index in [0.717, 1.165) is 37.9 Å². The van der Waals surface area contributed by atoms with Gasteiger partial charge in [0.25, 0.3) is 0 Å². The topological polar surface area (TPSA) is 54.8 Å². The van der Waals surface area contributed by atoms with Crippen LogP contribution in [0.3, 0.4) is 0 Å². The largest absolute Gasteiger partial charge is 0.383 e. The van der Waals surface area contributed by atoms with E-state index in [1.807, 2.05) is 36.5 Å². The molecule has 1 heterocycles. The lowest BCUT2D eigenvalue weighted by Crippen LogP contribution is -2.44. The average Bonchev–Trinajstić information content (AvgIpc) is 3.26. The predicted octanol–water partition coefficient (Wildman–Crippen LogP) is 4.50. The second-order valence-corrected chi connectivity index (χ2v) is 8.29. The van der Waals surface area contributed by atoms with Gasteiger partial charge in [0.05, 0.1) is 13.2 Å². The molecule has 6 nitrogen and oxygen atoms in total. The molecule has 0 N–H and O–H groups in total. The van der Waals surface area contributed by atoms with Gasteiger partial charge < -0.3 is 19.1 Å². The standard InChI is InChI=1S/C27H39N3O3/c1-4-6-7-11-16-26(31)29(17-5-2)23-27(32)30(19-20-33-3)22-25-15-12-18-28(25)21-24-13-9-8-10-14-24/h5,8-10,12-15,18H,2,4,6-7,11,16-17,19-23H2,1,3H3. The van der Waals surface area contributed by atoms with Crippen LogP contribution in [0.4, 0.5) is 0 Å². The zero-order chi connectivity index (χ0) is 23.9. The Morgan fingerprint density at radius 2 is 1.82 bits per heavy atom. The van der Waals surface area contributed by atoms with Crippen LogP contribution in [-0.2, 0) is 27.4 Å². The first kappa shape index (κ1) is 26.4. The highest BCUT2D eigenvalue weighted by molar-refractivity contribution is 5.85. The van der Waals surface area contributed by atoms with Crippen molar-refractivity contribution in [3.8, 4) is 0 Å². The van der Waals surface area contributed by atoms with E-state index in [2.05, 4.69) is 30.2 Å². The molecule has 2 rings (SSSR count). The number of amides is 2. The van der Waals surface area contributed by atoms with Crippen LogP contribution in [-0.4, -0.2) is 59.5 Å². The highest BCUT2D eigenvalue weighted by atomic mass is 16.5. The fraction of sp³-hybridized carbons (Fsp3) is 0.481. The molecule has 0 saturated heterocycles. The molecule has 0 spiro atoms. The summed E-state index contributed by atoms with van der Waals surface area (Å²) < 4.78 is 7.40. The van der Waals surface area contributed by atoms with E-state index >= 15 is 0 Å². The van der Waals surface area contributed by atoms with E-state index in [0.29, 0.717) is 32.7 Å². The summed E-state index contributed by atoms with van der Waals surface area (Å²) in [4.78, 5) is 29.4. The molecule has 2 amide bonds. The second-order valence-electron chi connectivity index (χ2n) is 8.29. The molecule has 0 fully saturated rings. The fourth-order valence-electron chi connectivity index (χ4n) is 3.75. The summed E-state index contributed by atoms with van der Waals surface area (Å²) >= 11 is 0. The van der Waals surface area contributed by atoms with Gasteiger partial charge in [0.15, 0.2) is 0 Å². The van der Waals surface area contributed by atoms with E-state index in [1.165, 1.54) is 5.56 Å². The van der Waals surface area contributed by atoms with Crippen molar-refractivity contribution in [2.45, 2.75) is 52.1 Å². The normalized spacial score (nSPS) is 10.7. The molecule has 1 aromatic heterocycles. The Hall–Kier alpha value is -2.86. The van der Waals surface area contributed by atoms with Gasteiger partial charge in [0, 0.05) is 45.1 Å². The predicted molar refractivity (Wildman–Crippen MR) is 133 cm³/mol. The summed E-state index contributed by atoms with van der Waals surface area (Å²) in [6.07, 6.45) is 8.34. The zero-order valence-corrected chi connectivity index (χ0v) is 20.2. The van der Waals surface area contributed by atoms with Crippen LogP contribution < -0.4 is 0 Å². The second kappa shape index (κ2) is 15.1. The number of methoxy groups -OCH3 is 1. The molecule has 6 heteroatoms. The van der Waals surface area contributed by atoms with Crippen LogP contribution in [0.5, 0.6) is 0 Å². The van der Waals surface area contributed by atoms with Gasteiger partial charge >= 0.3 is 0 Å². The van der Waals surface area contributed by atoms with Crippen LogP contribution in [0.25, 0.3) is 0 Å². The van der Waals surface area contributed by atoms with E-state index in [9.17, 15) is 9.59 Å². The monoisotopic (exact) mass is 453 g/mol. The van der Waals surface area contributed by atoms with Gasteiger partial charge in [-0.2, -0.15) is 0 Å². The number of rotatable bonds is 16. The van der Waals surface area contributed by atoms with Gasteiger partial charge in [-0.3, -0.25) is 9.59 Å². The van der Waals surface area contributed by atoms with Gasteiger partial charge in [-0.1, -0.05) is 62.6 Å². The maximum atomic E-state index is 13.2. The Kier molecular flexibility index (Phi) is 12.0. The van der Waals surface area contributed by atoms with Gasteiger partial charge in [-0.25, -0.2) is 0 Å². The number of aromatic nitrogens is 1. The maximum Gasteiger partial charge on any atom is 0.242 e. The summed E-state index contributed by atoms with van der Waals surface area (Å²) in [5, 5.41) is 0. The molecule has 0 aliphatic heterocycles. The summed E-state index contributed by atoms with van der Waals surface area (Å²) in [6, 6.07) is 14.3. The molecule has 0 saturated carbocycles. The van der Waals surface area contributed by atoms with Crippen molar-refractivity contribution in [2.24, 2.45) is 0 Å². The molecule has 0 aliphatic carbocycles. The molecule has 0 radical (unpaired) electrons. The minimum absolute atomic E-state index is 0.0125. The van der Waals surface area contributed by atoms with Crippen molar-refractivity contribution in [1.82, 2.24) is 14.4 Å². The van der Waals surface area contributed by atoms with Gasteiger partial charge in [0.2, 0.25) is 11.8 Å². The molecule has 2 aromatic rings. The highest BCUT2D eigenvalue weighted by Crippen LogP contribution is 2.12. The van der Waals surface area contributed by atoms with Crippen molar-refractivity contribution in [3.63, 3.8) is 0 Å². The molecular formula is C27H39N3O3. The molecule has 180 valence electrons. The Labute approximate surface area is 198 Å². The van der Waals surface area contributed by atoms with Crippen LogP contribution in [0.15, 0.2) is 61.3 Å². The van der Waals surface area contributed by atoms with E-state index in [-0.39, 0.29) is 18.4 Å². The van der Waals surface area contributed by atoms with Crippen molar-refractivity contribution >= 4 is 11.8 Å². The van der Waals surface area contributed by atoms with Crippen LogP contribution in [0.2, 0.25) is 0 Å². The Morgan fingerprint density at radius 1 is 1.03 bits per heavy atom. The van der Waals surface area contributed by atoms with Crippen molar-refractivity contribution in [1.29, 1.82) is 0 Å². The minimum atomic E-state index is -0.0803. The molecule has 0 aliphatic rings. The van der Waals surface area contributed by atoms with Crippen molar-refractivity contribution in [2.75, 3.05) is 33.4 Å². The minimum Gasteiger partial charge on any atom is -0.383 e. The van der Waals surface area contributed by atoms with E-state index < -0.39 is 0 Å². The molecule has 33 heavy (non-hydrogen) atoms. The number of hydrogen-bond donors (Lipinski definition) is 0. The molecular weight excluding hydrogens is 414 g/mol. The Balaban J connectivity index is 2.05. The van der Waals surface area contributed by atoms with Crippen LogP contribution >= 0.6 is 0 Å². The van der Waals surface area contributed by atoms with Crippen molar-refractivity contribution < 1.29 is 14.3 Å². The first-order chi connectivity index (χ1) is 16.1. The number of ether oxygens (including phenoxy) is 1. The molecule has 0 atom stereocenters. The first-order valence-electron chi connectivity index (χ1n) is 11.9. The van der Waals surface area contributed by atoms with Crippen LogP contribution in [0.1, 0.15) is 50.3 Å². The smallest absolute Gasteiger partial charge is 0.242 e. The number of benzene rings is 1. The summed E-state index contributed by atoms with van der Waals surface area (Å²) in [5.41, 5.74) is 2.25. The molecule has 0 unspecified atom stereocenters. The third-order valence-corrected chi connectivity index (χ3v) is 5.66. The number of unbranched alkanes of at least 4 members (excludes halogenated alkanes) is 3. The molecule has 0 bridgehead atoms. The summed E-state index contributed by atoms with van der Waals surface area (Å²) in [5.74, 6) is -0.0678. The maximum absolute atomic E-state index is 13.2. The lowest BCUT2D eigenvalue weighted by atomic mass is 10.1. The number of carbonyl (C=O) groups is 2. The van der Waals surface area contributed by atoms with Gasteiger partial charge in [-0.05, 0) is 24.1 Å². The van der Waals surface area contributed by atoms with Gasteiger partial charge in [0.1, 0.15) is 6.54 Å². The average molecular weight is 454 g/mol. The highest BCUT2D eigenvalue weighted by Gasteiger charge is 2.21. The number of nitrogens with zero attached hydrogens (tertiary/aromatic N) is 3. The lowest BCUT2D eigenvalue weighted by molar-refractivity contribution is -0.141. The number of carbonyl (C=O) groups excluding carboxylic acids is 2. The summed E-state index contributed by atoms with van der Waals surface area (Å²) in [6.45, 7) is 8.47. The Bertz CT molecular complexity index is 847. The lowest BCUT2D eigenvalue weighted by Gasteiger charge is -2.27. The van der Waals surface area contributed by atoms with E-state index in [1.54, 1.807) is 23.0 Å². The molecule has 1 aromatic carbocycles. The third-order valence-electron chi connectivity index (χ3n) is 5.66. The zero-order valence-electron chi connectivity index (χ0n) is 20.2. The first-order valence-corrected chi connectivity index (χ1v) is 11.9. The number of hydrogen-bond acceptors (Lipinski definition) is 3. The van der Waals surface area contributed by atoms with E-state index in [4.69, 9.17) is 4.74 Å². The van der Waals surface area contributed by atoms with Gasteiger partial charge in [-0.15, -0.1) is 6.58 Å². The fourth-order valence-corrected chi connectivity index (χ4v) is 3.75.